The lowest BCUT2D eigenvalue weighted by Crippen LogP contribution is -2.38. The van der Waals surface area contributed by atoms with Gasteiger partial charge in [0.15, 0.2) is 0 Å². The Morgan fingerprint density at radius 2 is 2.25 bits per heavy atom. The first kappa shape index (κ1) is 13.1. The van der Waals surface area contributed by atoms with Crippen LogP contribution in [0, 0.1) is 12.8 Å². The molecule has 1 unspecified atom stereocenters. The summed E-state index contributed by atoms with van der Waals surface area (Å²) >= 11 is 5.70. The van der Waals surface area contributed by atoms with Crippen molar-refractivity contribution in [3.05, 3.63) is 23.7 Å². The lowest BCUT2D eigenvalue weighted by molar-refractivity contribution is 0.0924. The van der Waals surface area contributed by atoms with Crippen LogP contribution in [0.25, 0.3) is 0 Å². The van der Waals surface area contributed by atoms with Crippen LogP contribution >= 0.6 is 11.6 Å². The van der Waals surface area contributed by atoms with Crippen molar-refractivity contribution in [2.75, 3.05) is 5.88 Å². The molecular formula is C12H18ClNO2. The number of carbonyl (C=O) groups excluding carboxylic acids is 1. The fourth-order valence-electron chi connectivity index (χ4n) is 1.50. The van der Waals surface area contributed by atoms with Gasteiger partial charge in [0.1, 0.15) is 12.0 Å². The molecule has 90 valence electrons. The number of alkyl halides is 1. The zero-order valence-corrected chi connectivity index (χ0v) is 10.7. The molecule has 0 radical (unpaired) electrons. The molecule has 1 atom stereocenters. The maximum Gasteiger partial charge on any atom is 0.254 e. The molecule has 1 N–H and O–H groups in total. The molecule has 0 aliphatic carbocycles. The van der Waals surface area contributed by atoms with Gasteiger partial charge >= 0.3 is 0 Å². The van der Waals surface area contributed by atoms with E-state index in [0.29, 0.717) is 17.4 Å². The Kier molecular flexibility index (Phi) is 4.87. The van der Waals surface area contributed by atoms with Gasteiger partial charge in [-0.15, -0.1) is 11.6 Å². The van der Waals surface area contributed by atoms with Crippen LogP contribution in [0.1, 0.15) is 36.4 Å². The van der Waals surface area contributed by atoms with Gasteiger partial charge < -0.3 is 9.73 Å². The van der Waals surface area contributed by atoms with Crippen molar-refractivity contribution < 1.29 is 9.21 Å². The maximum atomic E-state index is 11.8. The molecule has 4 heteroatoms. The number of halogens is 1. The summed E-state index contributed by atoms with van der Waals surface area (Å²) in [4.78, 5) is 11.8. The van der Waals surface area contributed by atoms with Gasteiger partial charge in [-0.05, 0) is 25.3 Å². The van der Waals surface area contributed by atoms with Gasteiger partial charge in [0.2, 0.25) is 0 Å². The molecule has 1 aromatic rings. The third-order valence-electron chi connectivity index (χ3n) is 2.53. The van der Waals surface area contributed by atoms with E-state index in [1.165, 1.54) is 6.26 Å². The van der Waals surface area contributed by atoms with Crippen molar-refractivity contribution in [3.63, 3.8) is 0 Å². The zero-order chi connectivity index (χ0) is 12.1. The van der Waals surface area contributed by atoms with E-state index in [9.17, 15) is 4.79 Å². The fourth-order valence-corrected chi connectivity index (χ4v) is 1.74. The minimum atomic E-state index is -0.0966. The Morgan fingerprint density at radius 3 is 2.69 bits per heavy atom. The predicted octanol–water partition coefficient (Wildman–Crippen LogP) is 2.97. The third-order valence-corrected chi connectivity index (χ3v) is 2.75. The second kappa shape index (κ2) is 5.94. The van der Waals surface area contributed by atoms with Gasteiger partial charge in [0.25, 0.3) is 5.91 Å². The van der Waals surface area contributed by atoms with E-state index < -0.39 is 0 Å². The van der Waals surface area contributed by atoms with E-state index in [1.54, 1.807) is 6.07 Å². The summed E-state index contributed by atoms with van der Waals surface area (Å²) in [5, 5.41) is 2.96. The molecule has 0 saturated heterocycles. The summed E-state index contributed by atoms with van der Waals surface area (Å²) in [6.45, 7) is 5.95. The number of aryl methyl sites for hydroxylation is 1. The normalized spacial score (nSPS) is 12.8. The van der Waals surface area contributed by atoms with E-state index in [1.807, 2.05) is 6.92 Å². The number of amides is 1. The van der Waals surface area contributed by atoms with Crippen LogP contribution in [0.4, 0.5) is 0 Å². The Balaban J connectivity index is 2.61. The van der Waals surface area contributed by atoms with Gasteiger partial charge in [-0.25, -0.2) is 0 Å². The van der Waals surface area contributed by atoms with Crippen molar-refractivity contribution in [1.82, 2.24) is 5.32 Å². The topological polar surface area (TPSA) is 42.2 Å². The quantitative estimate of drug-likeness (QED) is 0.808. The number of furan rings is 1. The average molecular weight is 244 g/mol. The van der Waals surface area contributed by atoms with E-state index in [0.717, 1.165) is 12.2 Å². The van der Waals surface area contributed by atoms with Crippen LogP contribution in [-0.2, 0) is 0 Å². The molecule has 0 aromatic carbocycles. The minimum absolute atomic E-state index is 0.0966. The number of hydrogen-bond acceptors (Lipinski definition) is 2. The van der Waals surface area contributed by atoms with E-state index >= 15 is 0 Å². The second-order valence-corrected chi connectivity index (χ2v) is 4.63. The molecule has 3 nitrogen and oxygen atoms in total. The van der Waals surface area contributed by atoms with Crippen LogP contribution < -0.4 is 5.32 Å². The molecule has 1 aromatic heterocycles. The standard InChI is InChI=1S/C12H18ClNO2/c1-8(2)11(4-5-13)14-12(15)10-6-9(3)16-7-10/h6-8,11H,4-5H2,1-3H3,(H,14,15). The highest BCUT2D eigenvalue weighted by molar-refractivity contribution is 6.17. The molecule has 0 saturated carbocycles. The van der Waals surface area contributed by atoms with Crippen LogP contribution in [-0.4, -0.2) is 17.8 Å². The van der Waals surface area contributed by atoms with E-state index in [4.69, 9.17) is 16.0 Å². The van der Waals surface area contributed by atoms with Crippen molar-refractivity contribution in [2.45, 2.75) is 33.2 Å². The molecule has 1 rings (SSSR count). The van der Waals surface area contributed by atoms with Crippen LogP contribution in [0.3, 0.4) is 0 Å². The molecule has 0 aliphatic heterocycles. The lowest BCUT2D eigenvalue weighted by atomic mass is 10.0. The molecule has 1 amide bonds. The third kappa shape index (κ3) is 3.56. The summed E-state index contributed by atoms with van der Waals surface area (Å²) in [5.74, 6) is 1.56. The van der Waals surface area contributed by atoms with Gasteiger partial charge in [-0.1, -0.05) is 13.8 Å². The SMILES string of the molecule is Cc1cc(C(=O)NC(CCCl)C(C)C)co1. The number of nitrogens with one attached hydrogen (secondary N) is 1. The highest BCUT2D eigenvalue weighted by atomic mass is 35.5. The average Bonchev–Trinajstić information content (AvgIpc) is 2.64. The lowest BCUT2D eigenvalue weighted by Gasteiger charge is -2.20. The van der Waals surface area contributed by atoms with Crippen molar-refractivity contribution in [1.29, 1.82) is 0 Å². The van der Waals surface area contributed by atoms with Crippen molar-refractivity contribution in [2.24, 2.45) is 5.92 Å². The smallest absolute Gasteiger partial charge is 0.254 e. The molecule has 0 fully saturated rings. The zero-order valence-electron chi connectivity index (χ0n) is 9.92. The Hall–Kier alpha value is -0.960. The van der Waals surface area contributed by atoms with Gasteiger partial charge in [0.05, 0.1) is 5.56 Å². The number of carbonyl (C=O) groups is 1. The monoisotopic (exact) mass is 243 g/mol. The Bertz CT molecular complexity index is 347. The molecule has 0 spiro atoms. The van der Waals surface area contributed by atoms with Gasteiger partial charge in [-0.2, -0.15) is 0 Å². The first-order valence-corrected chi connectivity index (χ1v) is 6.00. The van der Waals surface area contributed by atoms with E-state index in [-0.39, 0.29) is 11.9 Å². The number of hydrogen-bond donors (Lipinski definition) is 1. The maximum absolute atomic E-state index is 11.8. The molecule has 16 heavy (non-hydrogen) atoms. The highest BCUT2D eigenvalue weighted by Gasteiger charge is 2.17. The van der Waals surface area contributed by atoms with Crippen molar-refractivity contribution in [3.8, 4) is 0 Å². The summed E-state index contributed by atoms with van der Waals surface area (Å²) in [7, 11) is 0. The number of rotatable bonds is 5. The largest absolute Gasteiger partial charge is 0.469 e. The summed E-state index contributed by atoms with van der Waals surface area (Å²) in [6, 6.07) is 1.84. The highest BCUT2D eigenvalue weighted by Crippen LogP contribution is 2.10. The first-order chi connectivity index (χ1) is 7.54. The summed E-state index contributed by atoms with van der Waals surface area (Å²) in [5.41, 5.74) is 0.567. The summed E-state index contributed by atoms with van der Waals surface area (Å²) < 4.78 is 5.10. The molecule has 0 bridgehead atoms. The second-order valence-electron chi connectivity index (χ2n) is 4.25. The summed E-state index contributed by atoms with van der Waals surface area (Å²) in [6.07, 6.45) is 2.25. The van der Waals surface area contributed by atoms with Crippen LogP contribution in [0.5, 0.6) is 0 Å². The van der Waals surface area contributed by atoms with Gasteiger partial charge in [0, 0.05) is 11.9 Å². The first-order valence-electron chi connectivity index (χ1n) is 5.46. The van der Waals surface area contributed by atoms with Crippen LogP contribution in [0.2, 0.25) is 0 Å². The predicted molar refractivity (Wildman–Crippen MR) is 64.9 cm³/mol. The van der Waals surface area contributed by atoms with Gasteiger partial charge in [-0.3, -0.25) is 4.79 Å². The van der Waals surface area contributed by atoms with Crippen molar-refractivity contribution >= 4 is 17.5 Å². The van der Waals surface area contributed by atoms with Crippen LogP contribution in [0.15, 0.2) is 16.7 Å². The Labute approximate surface area is 101 Å². The fraction of sp³-hybridized carbons (Fsp3) is 0.583. The minimum Gasteiger partial charge on any atom is -0.469 e. The van der Waals surface area contributed by atoms with E-state index in [2.05, 4.69) is 19.2 Å². The molecule has 1 heterocycles. The Morgan fingerprint density at radius 1 is 1.56 bits per heavy atom. The molecular weight excluding hydrogens is 226 g/mol. The molecule has 0 aliphatic rings.